The van der Waals surface area contributed by atoms with Crippen LogP contribution in [0.15, 0.2) is 36.4 Å². The van der Waals surface area contributed by atoms with E-state index in [-0.39, 0.29) is 5.75 Å². The molecule has 0 saturated heterocycles. The number of rotatable bonds is 0. The second-order valence-corrected chi connectivity index (χ2v) is 3.94. The number of nitrogens with two attached hydrogens (primary N) is 1. The van der Waals surface area contributed by atoms with Crippen molar-refractivity contribution in [2.24, 2.45) is 0 Å². The van der Waals surface area contributed by atoms with Gasteiger partial charge in [0.05, 0.1) is 0 Å². The maximum atomic E-state index is 9.39. The van der Waals surface area contributed by atoms with E-state index in [1.165, 1.54) is 0 Å². The molecule has 1 aliphatic rings. The lowest BCUT2D eigenvalue weighted by Gasteiger charge is -2.20. The normalized spacial score (nSPS) is 12.5. The van der Waals surface area contributed by atoms with Crippen molar-refractivity contribution in [3.05, 3.63) is 47.5 Å². The molecule has 1 heterocycles. The number of aromatic hydroxyl groups is 1. The van der Waals surface area contributed by atoms with Gasteiger partial charge in [0.1, 0.15) is 17.2 Å². The number of benzene rings is 2. The van der Waals surface area contributed by atoms with Gasteiger partial charge in [-0.05, 0) is 23.3 Å². The van der Waals surface area contributed by atoms with Crippen molar-refractivity contribution in [1.29, 1.82) is 0 Å². The van der Waals surface area contributed by atoms with Crippen LogP contribution in [0.4, 0.5) is 5.69 Å². The molecule has 0 spiro atoms. The van der Waals surface area contributed by atoms with Crippen LogP contribution in [0.5, 0.6) is 17.2 Å². The summed E-state index contributed by atoms with van der Waals surface area (Å²) >= 11 is 0. The minimum absolute atomic E-state index is 0.214. The summed E-state index contributed by atoms with van der Waals surface area (Å²) in [7, 11) is 0. The molecule has 1 aliphatic heterocycles. The van der Waals surface area contributed by atoms with Crippen LogP contribution in [0.2, 0.25) is 0 Å². The molecule has 0 amide bonds. The first kappa shape index (κ1) is 9.09. The molecule has 0 unspecified atom stereocenters. The van der Waals surface area contributed by atoms with Crippen molar-refractivity contribution in [2.75, 3.05) is 5.73 Å². The van der Waals surface area contributed by atoms with Gasteiger partial charge in [0.15, 0.2) is 0 Å². The van der Waals surface area contributed by atoms with Crippen LogP contribution in [-0.4, -0.2) is 5.11 Å². The number of phenols is 1. The topological polar surface area (TPSA) is 55.5 Å². The maximum absolute atomic E-state index is 9.39. The van der Waals surface area contributed by atoms with Crippen LogP contribution in [0, 0.1) is 0 Å². The fourth-order valence-corrected chi connectivity index (χ4v) is 1.92. The summed E-state index contributed by atoms with van der Waals surface area (Å²) in [4.78, 5) is 0. The number of ether oxygens (including phenoxy) is 1. The van der Waals surface area contributed by atoms with Gasteiger partial charge in [0, 0.05) is 24.2 Å². The fourth-order valence-electron chi connectivity index (χ4n) is 1.92. The smallest absolute Gasteiger partial charge is 0.134 e. The van der Waals surface area contributed by atoms with E-state index in [0.717, 1.165) is 23.3 Å². The second kappa shape index (κ2) is 3.17. The molecule has 2 aromatic carbocycles. The lowest BCUT2D eigenvalue weighted by Crippen LogP contribution is -2.03. The lowest BCUT2D eigenvalue weighted by atomic mass is 10.00. The summed E-state index contributed by atoms with van der Waals surface area (Å²) in [6.45, 7) is 0. The minimum atomic E-state index is 0.214. The van der Waals surface area contributed by atoms with E-state index in [4.69, 9.17) is 10.5 Å². The monoisotopic (exact) mass is 213 g/mol. The van der Waals surface area contributed by atoms with Gasteiger partial charge >= 0.3 is 0 Å². The minimum Gasteiger partial charge on any atom is -0.508 e. The van der Waals surface area contributed by atoms with Crippen LogP contribution in [0.25, 0.3) is 0 Å². The Morgan fingerprint density at radius 2 is 1.69 bits per heavy atom. The molecule has 0 aliphatic carbocycles. The number of nitrogen functional groups attached to an aromatic ring is 1. The van der Waals surface area contributed by atoms with Crippen LogP contribution in [-0.2, 0) is 6.42 Å². The zero-order valence-corrected chi connectivity index (χ0v) is 8.60. The van der Waals surface area contributed by atoms with E-state index in [1.807, 2.05) is 24.3 Å². The molecular weight excluding hydrogens is 202 g/mol. The molecule has 0 aromatic heterocycles. The van der Waals surface area contributed by atoms with Gasteiger partial charge in [0.2, 0.25) is 0 Å². The Bertz CT molecular complexity index is 514. The molecule has 16 heavy (non-hydrogen) atoms. The molecule has 0 fully saturated rings. The van der Waals surface area contributed by atoms with E-state index in [2.05, 4.69) is 0 Å². The van der Waals surface area contributed by atoms with Crippen LogP contribution >= 0.6 is 0 Å². The van der Waals surface area contributed by atoms with Crippen molar-refractivity contribution in [3.8, 4) is 17.2 Å². The molecule has 3 N–H and O–H groups in total. The Hall–Kier alpha value is -2.16. The first-order chi connectivity index (χ1) is 7.72. The average Bonchev–Trinajstić information content (AvgIpc) is 2.26. The van der Waals surface area contributed by atoms with E-state index in [0.29, 0.717) is 11.4 Å². The van der Waals surface area contributed by atoms with Gasteiger partial charge in [-0.3, -0.25) is 0 Å². The van der Waals surface area contributed by atoms with Gasteiger partial charge in [0.25, 0.3) is 0 Å². The van der Waals surface area contributed by atoms with E-state index < -0.39 is 0 Å². The Balaban J connectivity index is 2.10. The standard InChI is InChI=1S/C13H11NO2/c14-10-3-1-8-5-9-2-4-11(15)7-13(9)16-12(8)6-10/h1-4,6-7,15H,5,14H2. The van der Waals surface area contributed by atoms with Gasteiger partial charge in [-0.25, -0.2) is 0 Å². The summed E-state index contributed by atoms with van der Waals surface area (Å²) in [6.07, 6.45) is 0.811. The Morgan fingerprint density at radius 1 is 1.00 bits per heavy atom. The van der Waals surface area contributed by atoms with Crippen LogP contribution in [0.3, 0.4) is 0 Å². The number of fused-ring (bicyclic) bond motifs is 2. The van der Waals surface area contributed by atoms with Crippen molar-refractivity contribution in [3.63, 3.8) is 0 Å². The predicted molar refractivity (Wildman–Crippen MR) is 61.8 cm³/mol. The molecule has 3 rings (SSSR count). The van der Waals surface area contributed by atoms with E-state index in [9.17, 15) is 5.11 Å². The number of anilines is 1. The van der Waals surface area contributed by atoms with E-state index >= 15 is 0 Å². The first-order valence-electron chi connectivity index (χ1n) is 5.10. The fraction of sp³-hybridized carbons (Fsp3) is 0.0769. The molecule has 0 radical (unpaired) electrons. The second-order valence-electron chi connectivity index (χ2n) is 3.94. The van der Waals surface area contributed by atoms with Crippen molar-refractivity contribution < 1.29 is 9.84 Å². The highest BCUT2D eigenvalue weighted by atomic mass is 16.5. The van der Waals surface area contributed by atoms with Crippen molar-refractivity contribution in [1.82, 2.24) is 0 Å². The zero-order valence-electron chi connectivity index (χ0n) is 8.60. The lowest BCUT2D eigenvalue weighted by molar-refractivity contribution is 0.442. The Morgan fingerprint density at radius 3 is 2.50 bits per heavy atom. The number of hydrogen-bond acceptors (Lipinski definition) is 3. The molecule has 80 valence electrons. The quantitative estimate of drug-likeness (QED) is 0.564. The first-order valence-corrected chi connectivity index (χ1v) is 5.10. The average molecular weight is 213 g/mol. The summed E-state index contributed by atoms with van der Waals surface area (Å²) in [6, 6.07) is 10.8. The van der Waals surface area contributed by atoms with E-state index in [1.54, 1.807) is 12.1 Å². The summed E-state index contributed by atoms with van der Waals surface area (Å²) in [5.74, 6) is 1.70. The summed E-state index contributed by atoms with van der Waals surface area (Å²) in [5, 5.41) is 9.39. The largest absolute Gasteiger partial charge is 0.508 e. The third-order valence-corrected chi connectivity index (χ3v) is 2.74. The highest BCUT2D eigenvalue weighted by Gasteiger charge is 2.17. The van der Waals surface area contributed by atoms with Crippen molar-refractivity contribution >= 4 is 5.69 Å². The molecule has 0 bridgehead atoms. The molecule has 3 heteroatoms. The molecule has 0 saturated carbocycles. The third-order valence-electron chi connectivity index (χ3n) is 2.74. The molecule has 2 aromatic rings. The van der Waals surface area contributed by atoms with Gasteiger partial charge in [-0.1, -0.05) is 12.1 Å². The van der Waals surface area contributed by atoms with Gasteiger partial charge in [-0.2, -0.15) is 0 Å². The van der Waals surface area contributed by atoms with Crippen molar-refractivity contribution in [2.45, 2.75) is 6.42 Å². The SMILES string of the molecule is Nc1ccc2c(c1)Oc1cc(O)ccc1C2. The van der Waals surface area contributed by atoms with Crippen LogP contribution in [0.1, 0.15) is 11.1 Å². The summed E-state index contributed by atoms with van der Waals surface area (Å²) in [5.41, 5.74) is 8.58. The third kappa shape index (κ3) is 1.37. The highest BCUT2D eigenvalue weighted by Crippen LogP contribution is 2.38. The van der Waals surface area contributed by atoms with Gasteiger partial charge in [-0.15, -0.1) is 0 Å². The predicted octanol–water partition coefficient (Wildman–Crippen LogP) is 2.67. The van der Waals surface area contributed by atoms with Gasteiger partial charge < -0.3 is 15.6 Å². The Labute approximate surface area is 93.1 Å². The Kier molecular flexibility index (Phi) is 1.80. The molecule has 0 atom stereocenters. The van der Waals surface area contributed by atoms with Crippen LogP contribution < -0.4 is 10.5 Å². The number of phenolic OH excluding ortho intramolecular Hbond substituents is 1. The maximum Gasteiger partial charge on any atom is 0.134 e. The number of hydrogen-bond donors (Lipinski definition) is 2. The zero-order chi connectivity index (χ0) is 11.1. The molecular formula is C13H11NO2. The highest BCUT2D eigenvalue weighted by molar-refractivity contribution is 5.56. The summed E-state index contributed by atoms with van der Waals surface area (Å²) < 4.78 is 5.70. The molecule has 3 nitrogen and oxygen atoms in total.